The van der Waals surface area contributed by atoms with E-state index in [0.717, 1.165) is 47.2 Å². The standard InChI is InChI=1S/C35H46BrN7O4/c1-24-21-26(36)9-10-29(24)37-34(46)38-31(33(45)42-19-11-27(12-20-42)40-15-5-2-6-16-40)22-32(44)41-17-13-28(14-18-41)43-23-25-7-3-4-8-30(25)39-35(43)47/h3-4,7-10,21,27-28,31H,2,5-6,11-20,22-23H2,1H3,(H,39,47)(H2,37,38,46)/t31-/m0/s1. The molecule has 6 amide bonds. The summed E-state index contributed by atoms with van der Waals surface area (Å²) in [6.45, 7) is 6.90. The first-order valence-electron chi connectivity index (χ1n) is 17.0. The number of para-hydroxylation sites is 1. The zero-order valence-electron chi connectivity index (χ0n) is 27.2. The molecule has 0 saturated carbocycles. The quantitative estimate of drug-likeness (QED) is 0.368. The van der Waals surface area contributed by atoms with Gasteiger partial charge in [-0.25, -0.2) is 9.59 Å². The Labute approximate surface area is 285 Å². The number of nitrogens with one attached hydrogen (secondary N) is 3. The van der Waals surface area contributed by atoms with Gasteiger partial charge in [0.15, 0.2) is 0 Å². The number of nitrogens with zero attached hydrogens (tertiary/aromatic N) is 4. The van der Waals surface area contributed by atoms with Crippen molar-refractivity contribution >= 4 is 51.2 Å². The van der Waals surface area contributed by atoms with Crippen LogP contribution in [-0.4, -0.2) is 101 Å². The van der Waals surface area contributed by atoms with Crippen LogP contribution in [0.1, 0.15) is 62.5 Å². The number of likely N-dealkylation sites (tertiary alicyclic amines) is 3. The second kappa shape index (κ2) is 15.1. The van der Waals surface area contributed by atoms with Crippen LogP contribution in [0.25, 0.3) is 0 Å². The smallest absolute Gasteiger partial charge is 0.322 e. The highest BCUT2D eigenvalue weighted by Crippen LogP contribution is 2.28. The Morgan fingerprint density at radius 3 is 2.30 bits per heavy atom. The molecule has 0 bridgehead atoms. The minimum Gasteiger partial charge on any atom is -0.342 e. The molecule has 11 nitrogen and oxygen atoms in total. The number of amides is 6. The average molecular weight is 709 g/mol. The molecule has 4 aliphatic rings. The van der Waals surface area contributed by atoms with Gasteiger partial charge in [-0.2, -0.15) is 0 Å². The van der Waals surface area contributed by atoms with Gasteiger partial charge in [0.25, 0.3) is 0 Å². The summed E-state index contributed by atoms with van der Waals surface area (Å²) < 4.78 is 0.905. The predicted molar refractivity (Wildman–Crippen MR) is 185 cm³/mol. The Bertz CT molecular complexity index is 1470. The highest BCUT2D eigenvalue weighted by Gasteiger charge is 2.36. The van der Waals surface area contributed by atoms with Gasteiger partial charge in [-0.1, -0.05) is 40.5 Å². The molecule has 47 heavy (non-hydrogen) atoms. The molecular formula is C35H46BrN7O4. The summed E-state index contributed by atoms with van der Waals surface area (Å²) in [6, 6.07) is 12.3. The monoisotopic (exact) mass is 707 g/mol. The van der Waals surface area contributed by atoms with Crippen molar-refractivity contribution in [3.05, 3.63) is 58.1 Å². The third kappa shape index (κ3) is 8.09. The fourth-order valence-electron chi connectivity index (χ4n) is 7.49. The lowest BCUT2D eigenvalue weighted by atomic mass is 9.98. The number of fused-ring (bicyclic) bond motifs is 1. The van der Waals surface area contributed by atoms with Crippen LogP contribution in [0.2, 0.25) is 0 Å². The Kier molecular flexibility index (Phi) is 10.7. The van der Waals surface area contributed by atoms with Gasteiger partial charge < -0.3 is 35.6 Å². The second-order valence-corrected chi connectivity index (χ2v) is 14.2. The first kappa shape index (κ1) is 33.3. The van der Waals surface area contributed by atoms with E-state index in [1.807, 2.05) is 53.1 Å². The van der Waals surface area contributed by atoms with E-state index in [1.165, 1.54) is 19.3 Å². The maximum absolute atomic E-state index is 13.9. The molecule has 0 unspecified atom stereocenters. The molecule has 252 valence electrons. The number of carbonyl (C=O) groups excluding carboxylic acids is 4. The highest BCUT2D eigenvalue weighted by molar-refractivity contribution is 9.10. The van der Waals surface area contributed by atoms with Gasteiger partial charge in [-0.3, -0.25) is 9.59 Å². The van der Waals surface area contributed by atoms with Crippen molar-refractivity contribution in [1.29, 1.82) is 0 Å². The van der Waals surface area contributed by atoms with Crippen molar-refractivity contribution in [2.75, 3.05) is 49.9 Å². The molecule has 4 heterocycles. The topological polar surface area (TPSA) is 117 Å². The van der Waals surface area contributed by atoms with Crippen molar-refractivity contribution in [3.8, 4) is 0 Å². The van der Waals surface area contributed by atoms with Crippen LogP contribution in [0, 0.1) is 6.92 Å². The maximum atomic E-state index is 13.9. The number of aryl methyl sites for hydroxylation is 1. The van der Waals surface area contributed by atoms with Crippen LogP contribution in [0.3, 0.4) is 0 Å². The Hall–Kier alpha value is -3.64. The third-order valence-electron chi connectivity index (χ3n) is 10.2. The number of anilines is 2. The minimum absolute atomic E-state index is 0.0177. The van der Waals surface area contributed by atoms with Crippen molar-refractivity contribution in [2.24, 2.45) is 0 Å². The van der Waals surface area contributed by atoms with Crippen LogP contribution < -0.4 is 16.0 Å². The summed E-state index contributed by atoms with van der Waals surface area (Å²) in [7, 11) is 0. The van der Waals surface area contributed by atoms with Gasteiger partial charge in [0.1, 0.15) is 6.04 Å². The minimum atomic E-state index is -0.980. The number of hydrogen-bond acceptors (Lipinski definition) is 5. The molecule has 0 radical (unpaired) electrons. The molecule has 2 aromatic carbocycles. The number of halogens is 1. The van der Waals surface area contributed by atoms with Crippen LogP contribution in [-0.2, 0) is 16.1 Å². The number of urea groups is 2. The second-order valence-electron chi connectivity index (χ2n) is 13.3. The summed E-state index contributed by atoms with van der Waals surface area (Å²) in [4.78, 5) is 61.7. The fraction of sp³-hybridized carbons (Fsp3) is 0.543. The molecule has 4 aliphatic heterocycles. The van der Waals surface area contributed by atoms with Gasteiger partial charge in [0.05, 0.1) is 6.42 Å². The van der Waals surface area contributed by atoms with E-state index in [2.05, 4.69) is 36.8 Å². The van der Waals surface area contributed by atoms with Crippen molar-refractivity contribution in [3.63, 3.8) is 0 Å². The van der Waals surface area contributed by atoms with Crippen LogP contribution >= 0.6 is 15.9 Å². The van der Waals surface area contributed by atoms with Gasteiger partial charge >= 0.3 is 12.1 Å². The first-order chi connectivity index (χ1) is 22.7. The largest absolute Gasteiger partial charge is 0.342 e. The van der Waals surface area contributed by atoms with Gasteiger partial charge in [-0.15, -0.1) is 0 Å². The molecule has 3 fully saturated rings. The zero-order valence-corrected chi connectivity index (χ0v) is 28.8. The third-order valence-corrected chi connectivity index (χ3v) is 10.7. The van der Waals surface area contributed by atoms with Crippen LogP contribution in [0.15, 0.2) is 46.9 Å². The molecule has 6 rings (SSSR count). The predicted octanol–water partition coefficient (Wildman–Crippen LogP) is 5.15. The zero-order chi connectivity index (χ0) is 32.9. The van der Waals surface area contributed by atoms with E-state index >= 15 is 0 Å². The number of benzene rings is 2. The number of piperidine rings is 3. The van der Waals surface area contributed by atoms with Crippen LogP contribution in [0.4, 0.5) is 21.0 Å². The summed E-state index contributed by atoms with van der Waals surface area (Å²) in [5.74, 6) is -0.379. The molecule has 3 saturated heterocycles. The lowest BCUT2D eigenvalue weighted by Gasteiger charge is -2.41. The lowest BCUT2D eigenvalue weighted by molar-refractivity contribution is -0.140. The number of hydrogen-bond donors (Lipinski definition) is 3. The lowest BCUT2D eigenvalue weighted by Crippen LogP contribution is -2.56. The summed E-state index contributed by atoms with van der Waals surface area (Å²) in [5.41, 5.74) is 3.44. The molecule has 0 aromatic heterocycles. The van der Waals surface area contributed by atoms with E-state index in [1.54, 1.807) is 11.0 Å². The summed E-state index contributed by atoms with van der Waals surface area (Å²) in [5, 5.41) is 8.71. The summed E-state index contributed by atoms with van der Waals surface area (Å²) >= 11 is 3.45. The molecule has 0 spiro atoms. The van der Waals surface area contributed by atoms with E-state index in [9.17, 15) is 19.2 Å². The van der Waals surface area contributed by atoms with E-state index in [-0.39, 0.29) is 30.3 Å². The number of carbonyl (C=O) groups is 4. The molecular weight excluding hydrogens is 662 g/mol. The molecule has 3 N–H and O–H groups in total. The molecule has 12 heteroatoms. The fourth-order valence-corrected chi connectivity index (χ4v) is 7.96. The first-order valence-corrected chi connectivity index (χ1v) is 17.8. The average Bonchev–Trinajstić information content (AvgIpc) is 3.09. The van der Waals surface area contributed by atoms with Gasteiger partial charge in [0, 0.05) is 60.7 Å². The highest BCUT2D eigenvalue weighted by atomic mass is 79.9. The Morgan fingerprint density at radius 1 is 0.894 bits per heavy atom. The molecule has 2 aromatic rings. The summed E-state index contributed by atoms with van der Waals surface area (Å²) in [6.07, 6.45) is 6.75. The van der Waals surface area contributed by atoms with Gasteiger partial charge in [-0.05, 0) is 93.9 Å². The van der Waals surface area contributed by atoms with Crippen molar-refractivity contribution in [1.82, 2.24) is 24.9 Å². The Balaban J connectivity index is 1.08. The van der Waals surface area contributed by atoms with Gasteiger partial charge in [0.2, 0.25) is 11.8 Å². The number of rotatable bonds is 7. The van der Waals surface area contributed by atoms with E-state index in [4.69, 9.17) is 0 Å². The molecule has 1 atom stereocenters. The van der Waals surface area contributed by atoms with Crippen molar-refractivity contribution in [2.45, 2.75) is 83.0 Å². The normalized spacial score (nSPS) is 20.3. The van der Waals surface area contributed by atoms with Crippen LogP contribution in [0.5, 0.6) is 0 Å². The SMILES string of the molecule is Cc1cc(Br)ccc1NC(=O)N[C@@H](CC(=O)N1CCC(N2Cc3ccccc3NC2=O)CC1)C(=O)N1CCC(N2CCCCC2)CC1. The Morgan fingerprint density at radius 2 is 1.57 bits per heavy atom. The van der Waals surface area contributed by atoms with E-state index in [0.29, 0.717) is 57.3 Å². The van der Waals surface area contributed by atoms with E-state index < -0.39 is 12.1 Å². The maximum Gasteiger partial charge on any atom is 0.322 e. The molecule has 0 aliphatic carbocycles. The van der Waals surface area contributed by atoms with Crippen molar-refractivity contribution < 1.29 is 19.2 Å².